The molecule has 1 aromatic heterocycles. The quantitative estimate of drug-likeness (QED) is 0.482. The first kappa shape index (κ1) is 21.2. The molecule has 1 aromatic rings. The van der Waals surface area contributed by atoms with Gasteiger partial charge in [-0.15, -0.1) is 0 Å². The molecule has 2 saturated heterocycles. The van der Waals surface area contributed by atoms with Gasteiger partial charge in [-0.2, -0.15) is 0 Å². The van der Waals surface area contributed by atoms with Crippen LogP contribution in [0.5, 0.6) is 0 Å². The zero-order valence-corrected chi connectivity index (χ0v) is 19.5. The number of rotatable bonds is 5. The summed E-state index contributed by atoms with van der Waals surface area (Å²) in [5.74, 6) is -1.51. The first-order valence-electron chi connectivity index (χ1n) is 11.7. The van der Waals surface area contributed by atoms with Gasteiger partial charge in [0.25, 0.3) is 0 Å². The Kier molecular flexibility index (Phi) is 4.10. The topological polar surface area (TPSA) is 84.2 Å². The number of hydrogen-bond acceptors (Lipinski definition) is 7. The number of allylic oxidation sites excluding steroid dienone is 1. The van der Waals surface area contributed by atoms with Crippen LogP contribution in [0.15, 0.2) is 46.8 Å². The summed E-state index contributed by atoms with van der Waals surface area (Å²) in [6.45, 7) is 5.94. The number of carbonyl (C=O) groups is 2. The number of esters is 2. The van der Waals surface area contributed by atoms with Gasteiger partial charge in [0.05, 0.1) is 23.5 Å². The van der Waals surface area contributed by atoms with Crippen molar-refractivity contribution in [3.8, 4) is 0 Å². The predicted molar refractivity (Wildman–Crippen MR) is 116 cm³/mol. The van der Waals surface area contributed by atoms with Crippen molar-refractivity contribution in [3.05, 3.63) is 48.0 Å². The van der Waals surface area contributed by atoms with Crippen LogP contribution in [-0.4, -0.2) is 36.0 Å². The number of ether oxygens (including phenoxy) is 4. The Balaban J connectivity index is 1.31. The zero-order valence-electron chi connectivity index (χ0n) is 19.5. The van der Waals surface area contributed by atoms with E-state index in [-0.39, 0.29) is 29.4 Å². The first-order valence-corrected chi connectivity index (χ1v) is 11.7. The maximum absolute atomic E-state index is 13.3. The average molecular weight is 455 g/mol. The van der Waals surface area contributed by atoms with Crippen LogP contribution in [0.4, 0.5) is 0 Å². The van der Waals surface area contributed by atoms with E-state index >= 15 is 0 Å². The largest absolute Gasteiger partial charge is 0.472 e. The third kappa shape index (κ3) is 2.63. The number of methoxy groups -OCH3 is 1. The maximum atomic E-state index is 13.3. The molecule has 7 nitrogen and oxygen atoms in total. The Morgan fingerprint density at radius 1 is 1.21 bits per heavy atom. The summed E-state index contributed by atoms with van der Waals surface area (Å²) in [5, 5.41) is 0. The van der Waals surface area contributed by atoms with Crippen molar-refractivity contribution in [2.75, 3.05) is 7.11 Å². The van der Waals surface area contributed by atoms with Crippen LogP contribution in [0.2, 0.25) is 0 Å². The number of cyclic esters (lactones) is 2. The van der Waals surface area contributed by atoms with Crippen LogP contribution >= 0.6 is 0 Å². The SMILES string of the molecule is COC1(CC2=CCCC34CC23C(=O)OC4c2ccoc2)CC(C2(C)C=CC(=O)O2)C(C)(C)O1. The van der Waals surface area contributed by atoms with Crippen molar-refractivity contribution < 1.29 is 33.0 Å². The second kappa shape index (κ2) is 6.39. The summed E-state index contributed by atoms with van der Waals surface area (Å²) in [6, 6.07) is 1.89. The van der Waals surface area contributed by atoms with Crippen molar-refractivity contribution in [2.45, 2.75) is 76.0 Å². The maximum Gasteiger partial charge on any atom is 0.331 e. The summed E-state index contributed by atoms with van der Waals surface area (Å²) in [5.41, 5.74) is -0.228. The van der Waals surface area contributed by atoms with Crippen molar-refractivity contribution in [3.63, 3.8) is 0 Å². The van der Waals surface area contributed by atoms with Crippen molar-refractivity contribution in [1.82, 2.24) is 0 Å². The molecular weight excluding hydrogens is 424 g/mol. The Hall–Kier alpha value is -2.38. The van der Waals surface area contributed by atoms with E-state index in [1.807, 2.05) is 32.9 Å². The van der Waals surface area contributed by atoms with E-state index < -0.39 is 22.4 Å². The van der Waals surface area contributed by atoms with Crippen LogP contribution in [0.1, 0.15) is 64.5 Å². The Labute approximate surface area is 193 Å². The Bertz CT molecular complexity index is 1080. The highest BCUT2D eigenvalue weighted by Crippen LogP contribution is 2.82. The minimum atomic E-state index is -0.916. The molecule has 0 spiro atoms. The smallest absolute Gasteiger partial charge is 0.331 e. The molecule has 2 aliphatic carbocycles. The van der Waals surface area contributed by atoms with E-state index in [0.29, 0.717) is 12.8 Å². The normalized spacial score (nSPS) is 44.8. The lowest BCUT2D eigenvalue weighted by atomic mass is 9.72. The molecule has 176 valence electrons. The lowest BCUT2D eigenvalue weighted by Gasteiger charge is -2.36. The summed E-state index contributed by atoms with van der Waals surface area (Å²) >= 11 is 0. The van der Waals surface area contributed by atoms with Crippen molar-refractivity contribution >= 4 is 11.9 Å². The molecule has 0 amide bonds. The van der Waals surface area contributed by atoms with Crippen LogP contribution < -0.4 is 0 Å². The van der Waals surface area contributed by atoms with Crippen molar-refractivity contribution in [1.29, 1.82) is 0 Å². The fourth-order valence-corrected chi connectivity index (χ4v) is 7.39. The molecule has 6 atom stereocenters. The van der Waals surface area contributed by atoms with Gasteiger partial charge in [-0.3, -0.25) is 4.79 Å². The van der Waals surface area contributed by atoms with Crippen LogP contribution in [0.3, 0.4) is 0 Å². The van der Waals surface area contributed by atoms with Gasteiger partial charge in [-0.25, -0.2) is 4.79 Å². The van der Waals surface area contributed by atoms with Crippen LogP contribution in [-0.2, 0) is 28.5 Å². The van der Waals surface area contributed by atoms with E-state index in [4.69, 9.17) is 23.4 Å². The van der Waals surface area contributed by atoms with Gasteiger partial charge in [-0.05, 0) is 52.2 Å². The van der Waals surface area contributed by atoms with Gasteiger partial charge in [0.15, 0.2) is 5.79 Å². The summed E-state index contributed by atoms with van der Waals surface area (Å²) < 4.78 is 29.6. The third-order valence-corrected chi connectivity index (χ3v) is 8.95. The van der Waals surface area contributed by atoms with Crippen LogP contribution in [0, 0.1) is 16.7 Å². The molecule has 6 rings (SSSR count). The zero-order chi connectivity index (χ0) is 23.3. The van der Waals surface area contributed by atoms with E-state index in [1.54, 1.807) is 19.6 Å². The summed E-state index contributed by atoms with van der Waals surface area (Å²) in [7, 11) is 1.65. The third-order valence-electron chi connectivity index (χ3n) is 8.95. The van der Waals surface area contributed by atoms with E-state index in [9.17, 15) is 9.59 Å². The van der Waals surface area contributed by atoms with Gasteiger partial charge >= 0.3 is 11.9 Å². The lowest BCUT2D eigenvalue weighted by molar-refractivity contribution is -0.234. The predicted octanol–water partition coefficient (Wildman–Crippen LogP) is 4.39. The van der Waals surface area contributed by atoms with Gasteiger partial charge in [0.2, 0.25) is 0 Å². The van der Waals surface area contributed by atoms with E-state index in [2.05, 4.69) is 6.08 Å². The van der Waals surface area contributed by atoms with Gasteiger partial charge < -0.3 is 23.4 Å². The molecule has 3 aliphatic heterocycles. The lowest BCUT2D eigenvalue weighted by Crippen LogP contribution is -2.44. The molecule has 4 heterocycles. The van der Waals surface area contributed by atoms with Gasteiger partial charge in [0, 0.05) is 42.9 Å². The minimum absolute atomic E-state index is 0.104. The molecule has 0 N–H and O–H groups in total. The monoisotopic (exact) mass is 454 g/mol. The number of furan rings is 1. The highest BCUT2D eigenvalue weighted by atomic mass is 16.7. The molecule has 5 aliphatic rings. The molecule has 6 unspecified atom stereocenters. The molecule has 0 radical (unpaired) electrons. The molecule has 1 saturated carbocycles. The van der Waals surface area contributed by atoms with Crippen LogP contribution in [0.25, 0.3) is 0 Å². The number of hydrogen-bond donors (Lipinski definition) is 0. The standard InChI is InChI=1S/C26H30O7/c1-22(2)18(23(3)10-7-19(27)32-23)13-25(29-4,33-22)12-17-6-5-9-24-15-26(17,24)21(28)31-20(24)16-8-11-30-14-16/h6-8,10-11,14,18,20H,5,9,12-13,15H2,1-4H3. The molecular formula is C26H30O7. The Morgan fingerprint density at radius 3 is 2.70 bits per heavy atom. The fraction of sp³-hybridized carbons (Fsp3) is 0.615. The fourth-order valence-electron chi connectivity index (χ4n) is 7.39. The highest BCUT2D eigenvalue weighted by Gasteiger charge is 2.83. The second-order valence-electron chi connectivity index (χ2n) is 11.0. The van der Waals surface area contributed by atoms with Gasteiger partial charge in [-0.1, -0.05) is 11.6 Å². The molecule has 0 aromatic carbocycles. The first-order chi connectivity index (χ1) is 15.6. The van der Waals surface area contributed by atoms with Gasteiger partial charge in [0.1, 0.15) is 11.7 Å². The molecule has 3 fully saturated rings. The second-order valence-corrected chi connectivity index (χ2v) is 11.0. The minimum Gasteiger partial charge on any atom is -0.472 e. The average Bonchev–Trinajstić information content (AvgIpc) is 3.12. The summed E-state index contributed by atoms with van der Waals surface area (Å²) in [4.78, 5) is 25.2. The van der Waals surface area contributed by atoms with E-state index in [0.717, 1.165) is 30.4 Å². The van der Waals surface area contributed by atoms with E-state index in [1.165, 1.54) is 6.08 Å². The Morgan fingerprint density at radius 2 is 2.03 bits per heavy atom. The molecule has 33 heavy (non-hydrogen) atoms. The van der Waals surface area contributed by atoms with Crippen molar-refractivity contribution in [2.24, 2.45) is 16.7 Å². The molecule has 7 heteroatoms. The molecule has 0 bridgehead atoms. The number of carbonyl (C=O) groups excluding carboxylic acids is 2. The highest BCUT2D eigenvalue weighted by molar-refractivity contribution is 5.90. The summed E-state index contributed by atoms with van der Waals surface area (Å²) in [6.07, 6.45) is 12.1.